The first-order valence-corrected chi connectivity index (χ1v) is 7.28. The fourth-order valence-electron chi connectivity index (χ4n) is 3.30. The van der Waals surface area contributed by atoms with Gasteiger partial charge in [0, 0.05) is 0 Å². The third-order valence-electron chi connectivity index (χ3n) is 4.35. The molecule has 2 bridgehead atoms. The first kappa shape index (κ1) is 14.8. The molecule has 0 spiro atoms. The van der Waals surface area contributed by atoms with Gasteiger partial charge in [0.05, 0.1) is 31.2 Å². The number of esters is 1. The first-order chi connectivity index (χ1) is 10.6. The van der Waals surface area contributed by atoms with E-state index in [-0.39, 0.29) is 18.8 Å². The Kier molecular flexibility index (Phi) is 4.02. The summed E-state index contributed by atoms with van der Waals surface area (Å²) in [5.41, 5.74) is 0.795. The summed E-state index contributed by atoms with van der Waals surface area (Å²) < 4.78 is 16.0. The third-order valence-corrected chi connectivity index (χ3v) is 4.35. The predicted molar refractivity (Wildman–Crippen MR) is 75.3 cm³/mol. The fraction of sp³-hybridized carbons (Fsp3) is 0.500. The Labute approximate surface area is 128 Å². The van der Waals surface area contributed by atoms with Crippen LogP contribution in [0, 0.1) is 11.8 Å². The molecule has 0 amide bonds. The van der Waals surface area contributed by atoms with Crippen molar-refractivity contribution in [2.75, 3.05) is 7.11 Å². The van der Waals surface area contributed by atoms with Gasteiger partial charge in [-0.15, -0.1) is 0 Å². The smallest absolute Gasteiger partial charge is 0.312 e. The first-order valence-electron chi connectivity index (χ1n) is 7.28. The van der Waals surface area contributed by atoms with Crippen molar-refractivity contribution in [3.8, 4) is 5.75 Å². The van der Waals surface area contributed by atoms with Gasteiger partial charge < -0.3 is 19.3 Å². The van der Waals surface area contributed by atoms with Crippen LogP contribution in [0.2, 0.25) is 0 Å². The molecule has 0 unspecified atom stereocenters. The quantitative estimate of drug-likeness (QED) is 0.832. The number of rotatable bonds is 5. The second-order valence-electron chi connectivity index (χ2n) is 5.64. The van der Waals surface area contributed by atoms with Crippen molar-refractivity contribution in [1.82, 2.24) is 0 Å². The van der Waals surface area contributed by atoms with Crippen LogP contribution in [0.1, 0.15) is 18.4 Å². The van der Waals surface area contributed by atoms with Gasteiger partial charge in [0.25, 0.3) is 0 Å². The SMILES string of the molecule is COc1cccc(COC(=O)[C@@H]2[C@H](C(=O)O)[C@H]3CC[C@@H]2O3)c1. The minimum atomic E-state index is -0.990. The van der Waals surface area contributed by atoms with E-state index in [1.54, 1.807) is 19.2 Å². The van der Waals surface area contributed by atoms with Gasteiger partial charge in [-0.3, -0.25) is 9.59 Å². The lowest BCUT2D eigenvalue weighted by Gasteiger charge is -2.23. The number of hydrogen-bond donors (Lipinski definition) is 1. The zero-order valence-corrected chi connectivity index (χ0v) is 12.2. The van der Waals surface area contributed by atoms with Gasteiger partial charge in [0.15, 0.2) is 0 Å². The maximum absolute atomic E-state index is 12.3. The lowest BCUT2D eigenvalue weighted by molar-refractivity contribution is -0.159. The molecule has 3 rings (SSSR count). The van der Waals surface area contributed by atoms with Crippen molar-refractivity contribution in [1.29, 1.82) is 0 Å². The molecule has 2 fully saturated rings. The van der Waals surface area contributed by atoms with Gasteiger partial charge >= 0.3 is 11.9 Å². The number of carbonyl (C=O) groups excluding carboxylic acids is 1. The standard InChI is InChI=1S/C16H18O6/c1-20-10-4-2-3-9(7-10)8-21-16(19)14-12-6-5-11(22-12)13(14)15(17)18/h2-4,7,11-14H,5-6,8H2,1H3,(H,17,18)/t11-,12+,13-,14+/m1/s1. The van der Waals surface area contributed by atoms with Gasteiger partial charge in [-0.1, -0.05) is 12.1 Å². The van der Waals surface area contributed by atoms with Crippen molar-refractivity contribution < 1.29 is 28.9 Å². The molecule has 6 nitrogen and oxygen atoms in total. The lowest BCUT2D eigenvalue weighted by atomic mass is 9.79. The normalized spacial score (nSPS) is 29.3. The Morgan fingerprint density at radius 2 is 2.00 bits per heavy atom. The maximum Gasteiger partial charge on any atom is 0.312 e. The molecular weight excluding hydrogens is 288 g/mol. The molecule has 118 valence electrons. The van der Waals surface area contributed by atoms with E-state index >= 15 is 0 Å². The Morgan fingerprint density at radius 1 is 1.27 bits per heavy atom. The molecule has 2 aliphatic rings. The molecule has 22 heavy (non-hydrogen) atoms. The molecular formula is C16H18O6. The zero-order chi connectivity index (χ0) is 15.7. The summed E-state index contributed by atoms with van der Waals surface area (Å²) in [6.07, 6.45) is 0.718. The van der Waals surface area contributed by atoms with Crippen LogP contribution in [0.3, 0.4) is 0 Å². The van der Waals surface area contributed by atoms with Crippen LogP contribution in [-0.2, 0) is 25.7 Å². The monoisotopic (exact) mass is 306 g/mol. The maximum atomic E-state index is 12.3. The highest BCUT2D eigenvalue weighted by Crippen LogP contribution is 2.44. The number of hydrogen-bond acceptors (Lipinski definition) is 5. The second kappa shape index (κ2) is 5.96. The summed E-state index contributed by atoms with van der Waals surface area (Å²) in [7, 11) is 1.56. The molecule has 6 heteroatoms. The van der Waals surface area contributed by atoms with E-state index in [1.807, 2.05) is 12.1 Å². The third kappa shape index (κ3) is 2.66. The van der Waals surface area contributed by atoms with Gasteiger partial charge in [0.2, 0.25) is 0 Å². The van der Waals surface area contributed by atoms with Crippen molar-refractivity contribution >= 4 is 11.9 Å². The summed E-state index contributed by atoms with van der Waals surface area (Å²) in [6, 6.07) is 7.21. The molecule has 1 N–H and O–H groups in total. The average molecular weight is 306 g/mol. The zero-order valence-electron chi connectivity index (χ0n) is 12.2. The van der Waals surface area contributed by atoms with Gasteiger partial charge in [-0.2, -0.15) is 0 Å². The highest BCUT2D eigenvalue weighted by Gasteiger charge is 2.56. The van der Waals surface area contributed by atoms with E-state index < -0.39 is 23.8 Å². The van der Waals surface area contributed by atoms with E-state index in [4.69, 9.17) is 14.2 Å². The highest BCUT2D eigenvalue weighted by molar-refractivity contribution is 5.83. The Hall–Kier alpha value is -2.08. The Morgan fingerprint density at radius 3 is 2.68 bits per heavy atom. The van der Waals surface area contributed by atoms with Crippen molar-refractivity contribution in [2.24, 2.45) is 11.8 Å². The van der Waals surface area contributed by atoms with E-state index in [0.717, 1.165) is 5.56 Å². The Balaban J connectivity index is 1.65. The van der Waals surface area contributed by atoms with E-state index in [2.05, 4.69) is 0 Å². The van der Waals surface area contributed by atoms with Gasteiger partial charge in [0.1, 0.15) is 12.4 Å². The predicted octanol–water partition coefficient (Wildman–Crippen LogP) is 1.62. The highest BCUT2D eigenvalue weighted by atomic mass is 16.5. The number of methoxy groups -OCH3 is 1. The Bertz CT molecular complexity index is 584. The molecule has 0 saturated carbocycles. The molecule has 1 aromatic rings. The van der Waals surface area contributed by atoms with Crippen LogP contribution >= 0.6 is 0 Å². The molecule has 1 aromatic carbocycles. The molecule has 0 aromatic heterocycles. The summed E-state index contributed by atoms with van der Waals surface area (Å²) in [6.45, 7) is 0.0935. The van der Waals surface area contributed by atoms with E-state index in [1.165, 1.54) is 0 Å². The van der Waals surface area contributed by atoms with E-state index in [9.17, 15) is 14.7 Å². The summed E-state index contributed by atoms with van der Waals surface area (Å²) in [5.74, 6) is -2.31. The van der Waals surface area contributed by atoms with Gasteiger partial charge in [-0.05, 0) is 30.5 Å². The topological polar surface area (TPSA) is 82.1 Å². The second-order valence-corrected chi connectivity index (χ2v) is 5.64. The van der Waals surface area contributed by atoms with Crippen LogP contribution in [0.25, 0.3) is 0 Å². The summed E-state index contributed by atoms with van der Waals surface area (Å²) >= 11 is 0. The number of benzene rings is 1. The number of carboxylic acid groups (broad SMARTS) is 1. The molecule has 0 aliphatic carbocycles. The molecule has 2 aliphatic heterocycles. The summed E-state index contributed by atoms with van der Waals surface area (Å²) in [4.78, 5) is 23.6. The van der Waals surface area contributed by atoms with E-state index in [0.29, 0.717) is 18.6 Å². The van der Waals surface area contributed by atoms with Crippen molar-refractivity contribution in [2.45, 2.75) is 31.7 Å². The van der Waals surface area contributed by atoms with Crippen LogP contribution in [0.5, 0.6) is 5.75 Å². The fourth-order valence-corrected chi connectivity index (χ4v) is 3.30. The van der Waals surface area contributed by atoms with Crippen LogP contribution in [-0.4, -0.2) is 36.4 Å². The van der Waals surface area contributed by atoms with Crippen molar-refractivity contribution in [3.05, 3.63) is 29.8 Å². The van der Waals surface area contributed by atoms with Crippen LogP contribution in [0.15, 0.2) is 24.3 Å². The number of aliphatic carboxylic acids is 1. The number of ether oxygens (including phenoxy) is 3. The minimum absolute atomic E-state index is 0.0935. The minimum Gasteiger partial charge on any atom is -0.497 e. The van der Waals surface area contributed by atoms with Crippen LogP contribution < -0.4 is 4.74 Å². The van der Waals surface area contributed by atoms with Gasteiger partial charge in [-0.25, -0.2) is 0 Å². The molecule has 2 saturated heterocycles. The number of fused-ring (bicyclic) bond motifs is 2. The summed E-state index contributed by atoms with van der Waals surface area (Å²) in [5, 5.41) is 9.30. The molecule has 0 radical (unpaired) electrons. The van der Waals surface area contributed by atoms with Crippen LogP contribution in [0.4, 0.5) is 0 Å². The largest absolute Gasteiger partial charge is 0.497 e. The lowest BCUT2D eigenvalue weighted by Crippen LogP contribution is -2.39. The molecule has 4 atom stereocenters. The van der Waals surface area contributed by atoms with Crippen molar-refractivity contribution in [3.63, 3.8) is 0 Å². The number of carbonyl (C=O) groups is 2. The average Bonchev–Trinajstić information content (AvgIpc) is 3.13. The molecule has 2 heterocycles. The number of carboxylic acids is 1.